The fourth-order valence-electron chi connectivity index (χ4n) is 0.455. The molecule has 0 aliphatic rings. The van der Waals surface area contributed by atoms with Crippen molar-refractivity contribution >= 4 is 7.85 Å². The summed E-state index contributed by atoms with van der Waals surface area (Å²) in [5.74, 6) is 0.398. The van der Waals surface area contributed by atoms with E-state index in [0.29, 0.717) is 5.82 Å². The molecular weight excluding hydrogens is 70.9 g/mol. The third-order valence-corrected chi connectivity index (χ3v) is 0.744. The average molecular weight is 82.0 g/mol. The lowest BCUT2D eigenvalue weighted by atomic mass is 9.86. The molecule has 0 aliphatic heterocycles. The van der Waals surface area contributed by atoms with Crippen molar-refractivity contribution in [2.24, 2.45) is 0 Å². The van der Waals surface area contributed by atoms with E-state index in [2.05, 4.69) is 6.92 Å². The third-order valence-electron chi connectivity index (χ3n) is 0.744. The van der Waals surface area contributed by atoms with Crippen LogP contribution < -0.4 is 0 Å². The first-order valence-electron chi connectivity index (χ1n) is 2.53. The largest absolute Gasteiger partial charge is 0.0802 e. The van der Waals surface area contributed by atoms with E-state index < -0.39 is 0 Å². The number of hydrogen-bond acceptors (Lipinski definition) is 0. The molecule has 0 rings (SSSR count). The molecule has 0 bridgehead atoms. The lowest BCUT2D eigenvalue weighted by Crippen LogP contribution is -1.80. The normalized spacial score (nSPS) is 14.3. The molecule has 0 unspecified atom stereocenters. The van der Waals surface area contributed by atoms with Crippen LogP contribution in [0.15, 0.2) is 0 Å². The van der Waals surface area contributed by atoms with Gasteiger partial charge in [-0.3, -0.25) is 0 Å². The van der Waals surface area contributed by atoms with E-state index in [9.17, 15) is 0 Å². The summed E-state index contributed by atoms with van der Waals surface area (Å²) in [7, 11) is 5.40. The summed E-state index contributed by atoms with van der Waals surface area (Å²) < 4.78 is 0. The quantitative estimate of drug-likeness (QED) is 0.445. The zero-order valence-corrected chi connectivity index (χ0v) is 4.57. The molecule has 0 fully saturated rings. The zero-order valence-electron chi connectivity index (χ0n) is 4.57. The zero-order chi connectivity index (χ0) is 4.99. The van der Waals surface area contributed by atoms with Crippen molar-refractivity contribution in [3.05, 3.63) is 0 Å². The van der Waals surface area contributed by atoms with Crippen molar-refractivity contribution < 1.29 is 0 Å². The SMILES string of the molecule is [B][C@H](C)CCC. The second-order valence-electron chi connectivity index (χ2n) is 1.77. The van der Waals surface area contributed by atoms with E-state index in [1.54, 1.807) is 0 Å². The molecule has 0 aromatic rings. The van der Waals surface area contributed by atoms with Crippen LogP contribution in [0.2, 0.25) is 5.82 Å². The molecule has 0 N–H and O–H groups in total. The van der Waals surface area contributed by atoms with Gasteiger partial charge in [0.15, 0.2) is 0 Å². The van der Waals surface area contributed by atoms with E-state index in [1.165, 1.54) is 6.42 Å². The fourth-order valence-corrected chi connectivity index (χ4v) is 0.455. The molecule has 0 saturated carbocycles. The summed E-state index contributed by atoms with van der Waals surface area (Å²) in [6.45, 7) is 4.17. The molecule has 0 heterocycles. The van der Waals surface area contributed by atoms with Gasteiger partial charge in [0, 0.05) is 0 Å². The molecule has 2 radical (unpaired) electrons. The highest BCUT2D eigenvalue weighted by Gasteiger charge is 1.85. The summed E-state index contributed by atoms with van der Waals surface area (Å²) in [4.78, 5) is 0. The van der Waals surface area contributed by atoms with Crippen molar-refractivity contribution in [1.29, 1.82) is 0 Å². The van der Waals surface area contributed by atoms with Crippen LogP contribution in [-0.2, 0) is 0 Å². The number of hydrogen-bond donors (Lipinski definition) is 0. The Balaban J connectivity index is 2.63. The fraction of sp³-hybridized carbons (Fsp3) is 1.00. The molecule has 0 spiro atoms. The molecule has 0 aromatic carbocycles. The molecule has 1 atom stereocenters. The minimum Gasteiger partial charge on any atom is -0.0802 e. The Morgan fingerprint density at radius 1 is 1.67 bits per heavy atom. The van der Waals surface area contributed by atoms with E-state index in [0.717, 1.165) is 6.42 Å². The van der Waals surface area contributed by atoms with Crippen LogP contribution in [0, 0.1) is 0 Å². The monoisotopic (exact) mass is 82.1 g/mol. The first kappa shape index (κ1) is 6.06. The van der Waals surface area contributed by atoms with Crippen LogP contribution in [0.25, 0.3) is 0 Å². The molecule has 0 saturated heterocycles. The molecular formula is C5H11B. The molecule has 34 valence electrons. The van der Waals surface area contributed by atoms with Gasteiger partial charge in [-0.2, -0.15) is 0 Å². The van der Waals surface area contributed by atoms with Crippen LogP contribution in [0.4, 0.5) is 0 Å². The Kier molecular flexibility index (Phi) is 3.30. The lowest BCUT2D eigenvalue weighted by molar-refractivity contribution is 0.769. The highest BCUT2D eigenvalue weighted by molar-refractivity contribution is 6.11. The maximum absolute atomic E-state index is 5.40. The Morgan fingerprint density at radius 2 is 2.17 bits per heavy atom. The van der Waals surface area contributed by atoms with E-state index in [4.69, 9.17) is 7.85 Å². The average Bonchev–Trinajstić information content (AvgIpc) is 1.35. The molecule has 1 heteroatoms. The van der Waals surface area contributed by atoms with Gasteiger partial charge in [-0.15, -0.1) is 0 Å². The van der Waals surface area contributed by atoms with Crippen LogP contribution in [-0.4, -0.2) is 7.85 Å². The summed E-state index contributed by atoms with van der Waals surface area (Å²) in [6.07, 6.45) is 2.36. The van der Waals surface area contributed by atoms with Gasteiger partial charge >= 0.3 is 0 Å². The first-order chi connectivity index (χ1) is 2.77. The van der Waals surface area contributed by atoms with Gasteiger partial charge in [-0.25, -0.2) is 0 Å². The van der Waals surface area contributed by atoms with E-state index in [-0.39, 0.29) is 0 Å². The Labute approximate surface area is 41.4 Å². The van der Waals surface area contributed by atoms with Crippen LogP contribution >= 0.6 is 0 Å². The van der Waals surface area contributed by atoms with E-state index >= 15 is 0 Å². The van der Waals surface area contributed by atoms with Crippen molar-refractivity contribution in [3.8, 4) is 0 Å². The van der Waals surface area contributed by atoms with Gasteiger partial charge < -0.3 is 0 Å². The standard InChI is InChI=1S/C5H11B/c1-3-4-5(2)6/h5H,3-4H2,1-2H3/t5-/m1/s1. The lowest BCUT2D eigenvalue weighted by Gasteiger charge is -1.96. The van der Waals surface area contributed by atoms with E-state index in [1.807, 2.05) is 6.92 Å². The smallest absolute Gasteiger partial charge is 0.0695 e. The predicted molar refractivity (Wildman–Crippen MR) is 30.1 cm³/mol. The molecule has 0 aliphatic carbocycles. The summed E-state index contributed by atoms with van der Waals surface area (Å²) in [5.41, 5.74) is 0. The third kappa shape index (κ3) is 4.06. The summed E-state index contributed by atoms with van der Waals surface area (Å²) in [6, 6.07) is 0. The van der Waals surface area contributed by atoms with Gasteiger partial charge in [-0.1, -0.05) is 32.5 Å². The van der Waals surface area contributed by atoms with Crippen LogP contribution in [0.5, 0.6) is 0 Å². The van der Waals surface area contributed by atoms with Gasteiger partial charge in [0.1, 0.15) is 0 Å². The van der Waals surface area contributed by atoms with Crippen LogP contribution in [0.3, 0.4) is 0 Å². The highest BCUT2D eigenvalue weighted by atomic mass is 13.8. The second kappa shape index (κ2) is 3.26. The van der Waals surface area contributed by atoms with Crippen molar-refractivity contribution in [2.75, 3.05) is 0 Å². The van der Waals surface area contributed by atoms with Crippen molar-refractivity contribution in [3.63, 3.8) is 0 Å². The number of rotatable bonds is 2. The minimum atomic E-state index is 0.398. The first-order valence-corrected chi connectivity index (χ1v) is 2.53. The van der Waals surface area contributed by atoms with Gasteiger partial charge in [-0.05, 0) is 0 Å². The van der Waals surface area contributed by atoms with Gasteiger partial charge in [0.25, 0.3) is 0 Å². The summed E-state index contributed by atoms with van der Waals surface area (Å²) in [5, 5.41) is 0. The van der Waals surface area contributed by atoms with Crippen molar-refractivity contribution in [1.82, 2.24) is 0 Å². The minimum absolute atomic E-state index is 0.398. The molecule has 0 amide bonds. The summed E-state index contributed by atoms with van der Waals surface area (Å²) >= 11 is 0. The Morgan fingerprint density at radius 3 is 2.17 bits per heavy atom. The predicted octanol–water partition coefficient (Wildman–Crippen LogP) is 1.76. The molecule has 0 aromatic heterocycles. The topological polar surface area (TPSA) is 0 Å². The maximum atomic E-state index is 5.40. The van der Waals surface area contributed by atoms with Gasteiger partial charge in [0.2, 0.25) is 0 Å². The maximum Gasteiger partial charge on any atom is 0.0695 e. The highest BCUT2D eigenvalue weighted by Crippen LogP contribution is 2.03. The second-order valence-corrected chi connectivity index (χ2v) is 1.77. The van der Waals surface area contributed by atoms with Crippen molar-refractivity contribution in [2.45, 2.75) is 32.5 Å². The Bertz CT molecular complexity index is 25.1. The Hall–Kier alpha value is 0.0649. The molecule has 0 nitrogen and oxygen atoms in total. The molecule has 6 heavy (non-hydrogen) atoms. The van der Waals surface area contributed by atoms with Crippen LogP contribution in [0.1, 0.15) is 26.7 Å². The van der Waals surface area contributed by atoms with Gasteiger partial charge in [0.05, 0.1) is 7.85 Å².